The molecule has 0 saturated carbocycles. The van der Waals surface area contributed by atoms with Crippen LogP contribution in [-0.4, -0.2) is 37.8 Å². The van der Waals surface area contributed by atoms with E-state index in [4.69, 9.17) is 23.2 Å². The van der Waals surface area contributed by atoms with E-state index in [2.05, 4.69) is 5.32 Å². The Hall–Kier alpha value is -0.820. The molecule has 0 aliphatic carbocycles. The molecule has 1 aliphatic rings. The molecule has 140 valence electrons. The summed E-state index contributed by atoms with van der Waals surface area (Å²) in [5, 5.41) is 3.71. The molecule has 25 heavy (non-hydrogen) atoms. The van der Waals surface area contributed by atoms with Crippen molar-refractivity contribution < 1.29 is 13.2 Å². The van der Waals surface area contributed by atoms with Crippen molar-refractivity contribution in [2.24, 2.45) is 5.92 Å². The zero-order chi connectivity index (χ0) is 18.6. The van der Waals surface area contributed by atoms with Crippen LogP contribution < -0.4 is 5.32 Å². The number of piperidine rings is 1. The minimum atomic E-state index is -3.44. The summed E-state index contributed by atoms with van der Waals surface area (Å²) in [5.41, 5.74) is 0.603. The van der Waals surface area contributed by atoms with Gasteiger partial charge in [-0.1, -0.05) is 36.2 Å². The van der Waals surface area contributed by atoms with E-state index in [0.717, 1.165) is 6.42 Å². The van der Waals surface area contributed by atoms with Crippen LogP contribution in [0.1, 0.15) is 38.7 Å². The summed E-state index contributed by atoms with van der Waals surface area (Å²) in [6.07, 6.45) is 1.97. The highest BCUT2D eigenvalue weighted by Crippen LogP contribution is 2.26. The fraction of sp³-hybridized carbons (Fsp3) is 0.588. The van der Waals surface area contributed by atoms with Crippen molar-refractivity contribution >= 4 is 39.1 Å². The van der Waals surface area contributed by atoms with Crippen molar-refractivity contribution in [2.75, 3.05) is 13.1 Å². The standard InChI is InChI=1S/C17H24Cl2N2O3S/c1-3-12(2)20-17(22)14-6-8-21(9-7-14)25(23,24)11-13-4-5-15(18)16(19)10-13/h4-5,10,12,14H,3,6-9,11H2,1-2H3,(H,20,22)/t12-/m0/s1. The summed E-state index contributed by atoms with van der Waals surface area (Å²) in [6, 6.07) is 4.98. The van der Waals surface area contributed by atoms with Crippen molar-refractivity contribution in [3.05, 3.63) is 33.8 Å². The van der Waals surface area contributed by atoms with Gasteiger partial charge in [0.25, 0.3) is 0 Å². The third kappa shape index (κ3) is 5.58. The van der Waals surface area contributed by atoms with Gasteiger partial charge in [0.1, 0.15) is 0 Å². The van der Waals surface area contributed by atoms with E-state index in [9.17, 15) is 13.2 Å². The van der Waals surface area contributed by atoms with E-state index in [1.165, 1.54) is 4.31 Å². The Bertz CT molecular complexity index is 717. The van der Waals surface area contributed by atoms with Crippen LogP contribution in [0.2, 0.25) is 10.0 Å². The summed E-state index contributed by atoms with van der Waals surface area (Å²) in [7, 11) is -3.44. The number of hydrogen-bond acceptors (Lipinski definition) is 3. The van der Waals surface area contributed by atoms with Crippen molar-refractivity contribution in [2.45, 2.75) is 44.9 Å². The molecule has 1 aliphatic heterocycles. The topological polar surface area (TPSA) is 66.5 Å². The van der Waals surface area contributed by atoms with Gasteiger partial charge in [-0.05, 0) is 43.9 Å². The first-order valence-electron chi connectivity index (χ1n) is 8.45. The quantitative estimate of drug-likeness (QED) is 0.786. The lowest BCUT2D eigenvalue weighted by atomic mass is 9.97. The second-order valence-corrected chi connectivity index (χ2v) is 9.28. The Labute approximate surface area is 159 Å². The number of amides is 1. The van der Waals surface area contributed by atoms with Crippen LogP contribution in [0.4, 0.5) is 0 Å². The molecule has 0 aromatic heterocycles. The Balaban J connectivity index is 1.94. The number of carbonyl (C=O) groups excluding carboxylic acids is 1. The van der Waals surface area contributed by atoms with Gasteiger partial charge in [0, 0.05) is 25.0 Å². The van der Waals surface area contributed by atoms with Crippen LogP contribution in [0, 0.1) is 5.92 Å². The molecule has 0 unspecified atom stereocenters. The van der Waals surface area contributed by atoms with E-state index in [1.54, 1.807) is 18.2 Å². The first kappa shape index (κ1) is 20.5. The SMILES string of the molecule is CC[C@H](C)NC(=O)C1CCN(S(=O)(=O)Cc2ccc(Cl)c(Cl)c2)CC1. The van der Waals surface area contributed by atoms with Crippen LogP contribution >= 0.6 is 23.2 Å². The van der Waals surface area contributed by atoms with Gasteiger partial charge in [0.15, 0.2) is 0 Å². The first-order chi connectivity index (χ1) is 11.7. The molecule has 1 atom stereocenters. The van der Waals surface area contributed by atoms with Crippen LogP contribution in [0.3, 0.4) is 0 Å². The summed E-state index contributed by atoms with van der Waals surface area (Å²) in [6.45, 7) is 4.71. The van der Waals surface area contributed by atoms with Crippen LogP contribution in [0.15, 0.2) is 18.2 Å². The summed E-state index contributed by atoms with van der Waals surface area (Å²) in [5.74, 6) is -0.213. The van der Waals surface area contributed by atoms with Crippen molar-refractivity contribution in [3.63, 3.8) is 0 Å². The maximum atomic E-state index is 12.6. The summed E-state index contributed by atoms with van der Waals surface area (Å²) >= 11 is 11.8. The highest BCUT2D eigenvalue weighted by molar-refractivity contribution is 7.88. The lowest BCUT2D eigenvalue weighted by molar-refractivity contribution is -0.126. The molecule has 1 fully saturated rings. The molecule has 5 nitrogen and oxygen atoms in total. The zero-order valence-electron chi connectivity index (χ0n) is 14.5. The van der Waals surface area contributed by atoms with Crippen molar-refractivity contribution in [1.82, 2.24) is 9.62 Å². The van der Waals surface area contributed by atoms with E-state index in [0.29, 0.717) is 41.5 Å². The molecule has 8 heteroatoms. The molecule has 1 N–H and O–H groups in total. The average Bonchev–Trinajstić information content (AvgIpc) is 2.58. The smallest absolute Gasteiger partial charge is 0.223 e. The lowest BCUT2D eigenvalue weighted by Crippen LogP contribution is -2.44. The third-order valence-corrected chi connectivity index (χ3v) is 7.14. The van der Waals surface area contributed by atoms with Gasteiger partial charge in [-0.3, -0.25) is 4.79 Å². The normalized spacial score (nSPS) is 18.1. The van der Waals surface area contributed by atoms with Crippen LogP contribution in [-0.2, 0) is 20.6 Å². The number of sulfonamides is 1. The molecule has 1 saturated heterocycles. The monoisotopic (exact) mass is 406 g/mol. The molecule has 0 bridgehead atoms. The number of halogens is 2. The van der Waals surface area contributed by atoms with E-state index in [-0.39, 0.29) is 23.6 Å². The molecule has 0 radical (unpaired) electrons. The average molecular weight is 407 g/mol. The molecule has 0 spiro atoms. The van der Waals surface area contributed by atoms with Crippen LogP contribution in [0.5, 0.6) is 0 Å². The highest BCUT2D eigenvalue weighted by atomic mass is 35.5. The maximum absolute atomic E-state index is 12.6. The Kier molecular flexibility index (Phi) is 7.14. The predicted molar refractivity (Wildman–Crippen MR) is 101 cm³/mol. The third-order valence-electron chi connectivity index (χ3n) is 4.55. The molecular weight excluding hydrogens is 383 g/mol. The minimum Gasteiger partial charge on any atom is -0.353 e. The molecule has 1 aromatic carbocycles. The van der Waals surface area contributed by atoms with Gasteiger partial charge < -0.3 is 5.32 Å². The van der Waals surface area contributed by atoms with Gasteiger partial charge in [-0.25, -0.2) is 12.7 Å². The number of benzene rings is 1. The second-order valence-electron chi connectivity index (χ2n) is 6.50. The second kappa shape index (κ2) is 8.71. The largest absolute Gasteiger partial charge is 0.353 e. The van der Waals surface area contributed by atoms with E-state index < -0.39 is 10.0 Å². The fourth-order valence-electron chi connectivity index (χ4n) is 2.79. The van der Waals surface area contributed by atoms with Gasteiger partial charge in [-0.15, -0.1) is 0 Å². The molecular formula is C17H24Cl2N2O3S. The van der Waals surface area contributed by atoms with E-state index in [1.807, 2.05) is 13.8 Å². The number of carbonyl (C=O) groups is 1. The number of rotatable bonds is 6. The molecule has 1 heterocycles. The molecule has 1 aromatic rings. The summed E-state index contributed by atoms with van der Waals surface area (Å²) in [4.78, 5) is 12.2. The Morgan fingerprint density at radius 2 is 1.92 bits per heavy atom. The Morgan fingerprint density at radius 3 is 2.48 bits per heavy atom. The maximum Gasteiger partial charge on any atom is 0.223 e. The predicted octanol–water partition coefficient (Wildman–Crippen LogP) is 3.45. The number of nitrogens with zero attached hydrogens (tertiary/aromatic N) is 1. The number of nitrogens with one attached hydrogen (secondary N) is 1. The van der Waals surface area contributed by atoms with Crippen LogP contribution in [0.25, 0.3) is 0 Å². The van der Waals surface area contributed by atoms with Gasteiger partial charge in [0.2, 0.25) is 15.9 Å². The van der Waals surface area contributed by atoms with E-state index >= 15 is 0 Å². The first-order valence-corrected chi connectivity index (χ1v) is 10.8. The highest BCUT2D eigenvalue weighted by Gasteiger charge is 2.31. The zero-order valence-corrected chi connectivity index (χ0v) is 16.8. The van der Waals surface area contributed by atoms with Gasteiger partial charge in [-0.2, -0.15) is 0 Å². The van der Waals surface area contributed by atoms with Crippen molar-refractivity contribution in [3.8, 4) is 0 Å². The molecule has 1 amide bonds. The van der Waals surface area contributed by atoms with Gasteiger partial charge >= 0.3 is 0 Å². The summed E-state index contributed by atoms with van der Waals surface area (Å²) < 4.78 is 26.7. The number of hydrogen-bond donors (Lipinski definition) is 1. The minimum absolute atomic E-state index is 0.0240. The Morgan fingerprint density at radius 1 is 1.28 bits per heavy atom. The fourth-order valence-corrected chi connectivity index (χ4v) is 4.66. The molecule has 2 rings (SSSR count). The van der Waals surface area contributed by atoms with Crippen molar-refractivity contribution in [1.29, 1.82) is 0 Å². The van der Waals surface area contributed by atoms with Gasteiger partial charge in [0.05, 0.1) is 15.8 Å². The lowest BCUT2D eigenvalue weighted by Gasteiger charge is -2.31.